The van der Waals surface area contributed by atoms with E-state index in [4.69, 9.17) is 19.4 Å². The molecule has 0 aliphatic rings. The first-order chi connectivity index (χ1) is 24.8. The van der Waals surface area contributed by atoms with E-state index in [0.717, 1.165) is 77.1 Å². The van der Waals surface area contributed by atoms with Gasteiger partial charge >= 0.3 is 0 Å². The third-order valence-corrected chi connectivity index (χ3v) is 9.47. The maximum absolute atomic E-state index is 6.95. The van der Waals surface area contributed by atoms with Gasteiger partial charge in [-0.1, -0.05) is 152 Å². The zero-order chi connectivity index (χ0) is 33.0. The second kappa shape index (κ2) is 11.4. The Kier molecular flexibility index (Phi) is 6.42. The van der Waals surface area contributed by atoms with Gasteiger partial charge in [0.25, 0.3) is 0 Å². The summed E-state index contributed by atoms with van der Waals surface area (Å²) in [5, 5.41) is 4.28. The summed E-state index contributed by atoms with van der Waals surface area (Å²) in [4.78, 5) is 15.5. The van der Waals surface area contributed by atoms with Crippen molar-refractivity contribution in [1.82, 2.24) is 19.5 Å². The highest BCUT2D eigenvalue weighted by Crippen LogP contribution is 2.42. The topological polar surface area (TPSA) is 56.7 Å². The standard InChI is InChI=1S/C45H28N4O/c1-4-14-29(15-5-1)32-20-12-21-33(28-32)44-46-43(31-18-8-3-9-19-31)47-45(48-44)49-39-25-11-10-22-35(39)36-26-27-38-37-24-13-23-34(30-16-6-2-7-17-30)41(37)50-42(38)40(36)49/h1-28H. The molecule has 0 spiro atoms. The summed E-state index contributed by atoms with van der Waals surface area (Å²) in [6.07, 6.45) is 0. The van der Waals surface area contributed by atoms with Gasteiger partial charge in [-0.15, -0.1) is 0 Å². The third kappa shape index (κ3) is 4.52. The van der Waals surface area contributed by atoms with Crippen LogP contribution in [0.15, 0.2) is 174 Å². The normalized spacial score (nSPS) is 11.6. The summed E-state index contributed by atoms with van der Waals surface area (Å²) < 4.78 is 9.09. The summed E-state index contributed by atoms with van der Waals surface area (Å²) in [5.41, 5.74) is 9.80. The fourth-order valence-corrected chi connectivity index (χ4v) is 7.14. The fourth-order valence-electron chi connectivity index (χ4n) is 7.14. The quantitative estimate of drug-likeness (QED) is 0.188. The number of nitrogens with zero attached hydrogens (tertiary/aromatic N) is 4. The van der Waals surface area contributed by atoms with Crippen LogP contribution in [0.25, 0.3) is 94.7 Å². The Balaban J connectivity index is 1.28. The van der Waals surface area contributed by atoms with Crippen LogP contribution < -0.4 is 0 Å². The van der Waals surface area contributed by atoms with Crippen molar-refractivity contribution in [2.45, 2.75) is 0 Å². The summed E-state index contributed by atoms with van der Waals surface area (Å²) in [6.45, 7) is 0. The number of hydrogen-bond acceptors (Lipinski definition) is 4. The van der Waals surface area contributed by atoms with Gasteiger partial charge in [0.1, 0.15) is 11.1 Å². The lowest BCUT2D eigenvalue weighted by Crippen LogP contribution is -2.06. The van der Waals surface area contributed by atoms with E-state index in [1.165, 1.54) is 0 Å². The average Bonchev–Trinajstić information content (AvgIpc) is 3.75. The summed E-state index contributed by atoms with van der Waals surface area (Å²) in [7, 11) is 0. The molecule has 0 saturated heterocycles. The van der Waals surface area contributed by atoms with Crippen molar-refractivity contribution in [1.29, 1.82) is 0 Å². The smallest absolute Gasteiger partial charge is 0.238 e. The van der Waals surface area contributed by atoms with Crippen LogP contribution in [0.1, 0.15) is 0 Å². The lowest BCUT2D eigenvalue weighted by Gasteiger charge is -2.11. The molecule has 3 aromatic heterocycles. The van der Waals surface area contributed by atoms with Gasteiger partial charge in [0.2, 0.25) is 5.95 Å². The molecular weight excluding hydrogens is 613 g/mol. The molecule has 0 aliphatic heterocycles. The van der Waals surface area contributed by atoms with Gasteiger partial charge in [-0.05, 0) is 34.9 Å². The first-order valence-corrected chi connectivity index (χ1v) is 16.7. The minimum Gasteiger partial charge on any atom is -0.453 e. The van der Waals surface area contributed by atoms with Gasteiger partial charge in [0.05, 0.1) is 5.52 Å². The van der Waals surface area contributed by atoms with E-state index in [1.54, 1.807) is 0 Å². The van der Waals surface area contributed by atoms with E-state index in [2.05, 4.69) is 132 Å². The Morgan fingerprint density at radius 3 is 1.72 bits per heavy atom. The molecule has 7 aromatic carbocycles. The van der Waals surface area contributed by atoms with Crippen molar-refractivity contribution in [3.05, 3.63) is 170 Å². The number of aromatic nitrogens is 4. The molecule has 50 heavy (non-hydrogen) atoms. The van der Waals surface area contributed by atoms with Crippen LogP contribution in [0.2, 0.25) is 0 Å². The van der Waals surface area contributed by atoms with Crippen molar-refractivity contribution in [2.75, 3.05) is 0 Å². The lowest BCUT2D eigenvalue weighted by molar-refractivity contribution is 0.672. The highest BCUT2D eigenvalue weighted by Gasteiger charge is 2.23. The molecule has 10 rings (SSSR count). The highest BCUT2D eigenvalue weighted by molar-refractivity contribution is 6.22. The van der Waals surface area contributed by atoms with E-state index >= 15 is 0 Å². The SMILES string of the molecule is c1ccc(-c2cccc(-c3nc(-c4ccccc4)nc(-n4c5ccccc5c5ccc6c7cccc(-c8ccccc8)c7oc6c54)n3)c2)cc1. The zero-order valence-electron chi connectivity index (χ0n) is 26.9. The number of para-hydroxylation sites is 2. The molecule has 10 aromatic rings. The lowest BCUT2D eigenvalue weighted by atomic mass is 10.0. The van der Waals surface area contributed by atoms with E-state index in [0.29, 0.717) is 17.6 Å². The van der Waals surface area contributed by atoms with Crippen molar-refractivity contribution in [3.63, 3.8) is 0 Å². The van der Waals surface area contributed by atoms with Crippen molar-refractivity contribution >= 4 is 43.7 Å². The van der Waals surface area contributed by atoms with E-state index in [1.807, 2.05) is 42.5 Å². The number of furan rings is 1. The first kappa shape index (κ1) is 28.2. The molecule has 0 bridgehead atoms. The van der Waals surface area contributed by atoms with Crippen LogP contribution in [0.4, 0.5) is 0 Å². The number of hydrogen-bond donors (Lipinski definition) is 0. The number of fused-ring (bicyclic) bond motifs is 7. The fraction of sp³-hybridized carbons (Fsp3) is 0. The van der Waals surface area contributed by atoms with E-state index < -0.39 is 0 Å². The summed E-state index contributed by atoms with van der Waals surface area (Å²) in [6, 6.07) is 58.5. The second-order valence-electron chi connectivity index (χ2n) is 12.4. The van der Waals surface area contributed by atoms with Gasteiger partial charge in [0.15, 0.2) is 17.2 Å². The summed E-state index contributed by atoms with van der Waals surface area (Å²) >= 11 is 0. The monoisotopic (exact) mass is 640 g/mol. The van der Waals surface area contributed by atoms with Gasteiger partial charge in [-0.3, -0.25) is 4.57 Å². The molecule has 0 aliphatic carbocycles. The molecule has 0 unspecified atom stereocenters. The van der Waals surface area contributed by atoms with Crippen LogP contribution in [-0.2, 0) is 0 Å². The Morgan fingerprint density at radius 2 is 0.940 bits per heavy atom. The third-order valence-electron chi connectivity index (χ3n) is 9.47. The molecule has 5 nitrogen and oxygen atoms in total. The van der Waals surface area contributed by atoms with Crippen LogP contribution in [0.3, 0.4) is 0 Å². The Bertz CT molecular complexity index is 2860. The highest BCUT2D eigenvalue weighted by atomic mass is 16.3. The van der Waals surface area contributed by atoms with Crippen LogP contribution >= 0.6 is 0 Å². The minimum absolute atomic E-state index is 0.529. The van der Waals surface area contributed by atoms with Gasteiger partial charge < -0.3 is 4.42 Å². The molecule has 0 radical (unpaired) electrons. The van der Waals surface area contributed by atoms with E-state index in [-0.39, 0.29) is 0 Å². The van der Waals surface area contributed by atoms with Crippen LogP contribution in [0, 0.1) is 0 Å². The van der Waals surface area contributed by atoms with Crippen molar-refractivity contribution in [3.8, 4) is 51.0 Å². The number of benzene rings is 7. The number of rotatable bonds is 5. The second-order valence-corrected chi connectivity index (χ2v) is 12.4. The molecule has 5 heteroatoms. The van der Waals surface area contributed by atoms with Crippen molar-refractivity contribution in [2.24, 2.45) is 0 Å². The largest absolute Gasteiger partial charge is 0.453 e. The molecule has 0 amide bonds. The van der Waals surface area contributed by atoms with Gasteiger partial charge in [-0.25, -0.2) is 4.98 Å². The van der Waals surface area contributed by atoms with E-state index in [9.17, 15) is 0 Å². The minimum atomic E-state index is 0.529. The molecular formula is C45H28N4O. The molecule has 0 N–H and O–H groups in total. The molecule has 0 atom stereocenters. The Labute approximate surface area is 287 Å². The van der Waals surface area contributed by atoms with Gasteiger partial charge in [-0.2, -0.15) is 9.97 Å². The van der Waals surface area contributed by atoms with Gasteiger partial charge in [0, 0.05) is 38.2 Å². The Morgan fingerprint density at radius 1 is 0.380 bits per heavy atom. The maximum Gasteiger partial charge on any atom is 0.238 e. The average molecular weight is 641 g/mol. The molecule has 3 heterocycles. The van der Waals surface area contributed by atoms with Crippen LogP contribution in [0.5, 0.6) is 0 Å². The molecule has 0 fully saturated rings. The maximum atomic E-state index is 6.95. The summed E-state index contributed by atoms with van der Waals surface area (Å²) in [5.74, 6) is 1.73. The zero-order valence-corrected chi connectivity index (χ0v) is 26.9. The predicted octanol–water partition coefficient (Wildman–Crippen LogP) is 11.5. The molecule has 0 saturated carbocycles. The van der Waals surface area contributed by atoms with Crippen molar-refractivity contribution < 1.29 is 4.42 Å². The predicted molar refractivity (Wildman–Crippen MR) is 203 cm³/mol. The van der Waals surface area contributed by atoms with Crippen LogP contribution in [-0.4, -0.2) is 19.5 Å². The molecule has 234 valence electrons. The first-order valence-electron chi connectivity index (χ1n) is 16.7. The Hall–Kier alpha value is -6.85.